The molecule has 0 aliphatic heterocycles. The van der Waals surface area contributed by atoms with E-state index in [4.69, 9.17) is 14.2 Å². The molecule has 2 atom stereocenters. The van der Waals surface area contributed by atoms with Crippen LogP contribution in [0.4, 0.5) is 0 Å². The summed E-state index contributed by atoms with van der Waals surface area (Å²) in [7, 11) is 3.01. The molecule has 0 radical (unpaired) electrons. The lowest BCUT2D eigenvalue weighted by atomic mass is 10.3. The van der Waals surface area contributed by atoms with Gasteiger partial charge in [-0.1, -0.05) is 15.9 Å². The second kappa shape index (κ2) is 5.61. The smallest absolute Gasteiger partial charge is 0.309 e. The van der Waals surface area contributed by atoms with E-state index >= 15 is 0 Å². The monoisotopic (exact) mass is 314 g/mol. The molecule has 0 aromatic heterocycles. The highest BCUT2D eigenvalue weighted by molar-refractivity contribution is 9.10. The molecule has 4 nitrogen and oxygen atoms in total. The number of rotatable bonds is 5. The van der Waals surface area contributed by atoms with E-state index < -0.39 is 0 Å². The Morgan fingerprint density at radius 2 is 2.17 bits per heavy atom. The number of methoxy groups -OCH3 is 2. The molecule has 1 aliphatic carbocycles. The zero-order chi connectivity index (χ0) is 13.1. The van der Waals surface area contributed by atoms with Crippen LogP contribution in [0.5, 0.6) is 11.5 Å². The molecule has 18 heavy (non-hydrogen) atoms. The molecule has 1 fully saturated rings. The summed E-state index contributed by atoms with van der Waals surface area (Å²) < 4.78 is 16.5. The number of esters is 1. The first-order valence-corrected chi connectivity index (χ1v) is 6.49. The maximum Gasteiger partial charge on any atom is 0.309 e. The van der Waals surface area contributed by atoms with Crippen LogP contribution < -0.4 is 9.47 Å². The molecular weight excluding hydrogens is 300 g/mol. The summed E-state index contributed by atoms with van der Waals surface area (Å²) in [4.78, 5) is 11.3. The van der Waals surface area contributed by atoms with Crippen LogP contribution in [-0.2, 0) is 9.53 Å². The number of hydrogen-bond acceptors (Lipinski definition) is 4. The Labute approximate surface area is 114 Å². The van der Waals surface area contributed by atoms with Crippen molar-refractivity contribution in [2.75, 3.05) is 20.8 Å². The number of hydrogen-bond donors (Lipinski definition) is 0. The topological polar surface area (TPSA) is 44.8 Å². The number of benzene rings is 1. The van der Waals surface area contributed by atoms with Crippen molar-refractivity contribution in [1.29, 1.82) is 0 Å². The van der Waals surface area contributed by atoms with Crippen LogP contribution in [-0.4, -0.2) is 26.8 Å². The van der Waals surface area contributed by atoms with Gasteiger partial charge < -0.3 is 14.2 Å². The predicted octanol–water partition coefficient (Wildman–Crippen LogP) is 2.65. The van der Waals surface area contributed by atoms with E-state index in [0.717, 1.165) is 10.9 Å². The van der Waals surface area contributed by atoms with Gasteiger partial charge in [-0.25, -0.2) is 0 Å². The van der Waals surface area contributed by atoms with Crippen molar-refractivity contribution in [2.45, 2.75) is 6.42 Å². The van der Waals surface area contributed by atoms with Gasteiger partial charge in [-0.15, -0.1) is 0 Å². The molecule has 2 rings (SSSR count). The molecule has 1 aromatic carbocycles. The molecule has 0 saturated heterocycles. The predicted molar refractivity (Wildman–Crippen MR) is 69.8 cm³/mol. The summed E-state index contributed by atoms with van der Waals surface area (Å²) in [6, 6.07) is 5.58. The van der Waals surface area contributed by atoms with Gasteiger partial charge in [0.1, 0.15) is 0 Å². The first-order chi connectivity index (χ1) is 8.65. The Hall–Kier alpha value is -1.23. The van der Waals surface area contributed by atoms with E-state index in [1.807, 2.05) is 18.2 Å². The summed E-state index contributed by atoms with van der Waals surface area (Å²) >= 11 is 3.37. The van der Waals surface area contributed by atoms with Gasteiger partial charge in [0, 0.05) is 10.4 Å². The van der Waals surface area contributed by atoms with Crippen molar-refractivity contribution in [3.05, 3.63) is 22.7 Å². The Kier molecular flexibility index (Phi) is 4.11. The quantitative estimate of drug-likeness (QED) is 0.784. The first-order valence-electron chi connectivity index (χ1n) is 5.70. The number of ether oxygens (including phenoxy) is 3. The molecule has 0 heterocycles. The molecule has 0 amide bonds. The van der Waals surface area contributed by atoms with Gasteiger partial charge in [-0.05, 0) is 24.6 Å². The van der Waals surface area contributed by atoms with Crippen LogP contribution >= 0.6 is 15.9 Å². The van der Waals surface area contributed by atoms with Gasteiger partial charge >= 0.3 is 5.97 Å². The van der Waals surface area contributed by atoms with Crippen molar-refractivity contribution in [1.82, 2.24) is 0 Å². The molecule has 0 N–H and O–H groups in total. The molecule has 1 aliphatic rings. The van der Waals surface area contributed by atoms with E-state index in [1.54, 1.807) is 7.11 Å². The molecule has 0 spiro atoms. The Morgan fingerprint density at radius 1 is 1.39 bits per heavy atom. The molecule has 1 aromatic rings. The minimum atomic E-state index is -0.147. The maximum atomic E-state index is 11.3. The molecule has 0 unspecified atom stereocenters. The SMILES string of the molecule is COC(=O)[C@@H]1C[C@H]1COc1ccc(Br)cc1OC. The third kappa shape index (κ3) is 2.96. The fraction of sp³-hybridized carbons (Fsp3) is 0.462. The fourth-order valence-electron chi connectivity index (χ4n) is 1.83. The Bertz CT molecular complexity index is 447. The van der Waals surface area contributed by atoms with Crippen LogP contribution in [0.1, 0.15) is 6.42 Å². The highest BCUT2D eigenvalue weighted by Gasteiger charge is 2.44. The standard InChI is InChI=1S/C13H15BrO4/c1-16-12-6-9(14)3-4-11(12)18-7-8-5-10(8)13(15)17-2/h3-4,6,8,10H,5,7H2,1-2H3/t8-,10+/m0/s1. The Morgan fingerprint density at radius 3 is 2.83 bits per heavy atom. The van der Waals surface area contributed by atoms with Crippen molar-refractivity contribution in [3.63, 3.8) is 0 Å². The normalized spacial score (nSPS) is 21.3. The fourth-order valence-corrected chi connectivity index (χ4v) is 2.17. The maximum absolute atomic E-state index is 11.3. The lowest BCUT2D eigenvalue weighted by molar-refractivity contribution is -0.142. The number of carbonyl (C=O) groups is 1. The third-order valence-corrected chi connectivity index (χ3v) is 3.50. The second-order valence-corrected chi connectivity index (χ2v) is 5.15. The van der Waals surface area contributed by atoms with Crippen LogP contribution in [0.25, 0.3) is 0 Å². The molecular formula is C13H15BrO4. The average Bonchev–Trinajstić information content (AvgIpc) is 3.15. The zero-order valence-electron chi connectivity index (χ0n) is 10.3. The lowest BCUT2D eigenvalue weighted by Gasteiger charge is -2.10. The van der Waals surface area contributed by atoms with Gasteiger partial charge in [0.15, 0.2) is 11.5 Å². The molecule has 1 saturated carbocycles. The third-order valence-electron chi connectivity index (χ3n) is 3.01. The van der Waals surface area contributed by atoms with Crippen molar-refractivity contribution in [3.8, 4) is 11.5 Å². The molecule has 5 heteroatoms. The van der Waals surface area contributed by atoms with Crippen LogP contribution in [0, 0.1) is 11.8 Å². The molecule has 98 valence electrons. The largest absolute Gasteiger partial charge is 0.493 e. The minimum Gasteiger partial charge on any atom is -0.493 e. The Balaban J connectivity index is 1.90. The van der Waals surface area contributed by atoms with E-state index in [-0.39, 0.29) is 17.8 Å². The van der Waals surface area contributed by atoms with Crippen molar-refractivity contribution in [2.24, 2.45) is 11.8 Å². The van der Waals surface area contributed by atoms with E-state index in [9.17, 15) is 4.79 Å². The summed E-state index contributed by atoms with van der Waals surface area (Å²) in [6.45, 7) is 0.512. The first kappa shape index (κ1) is 13.2. The second-order valence-electron chi connectivity index (χ2n) is 4.23. The van der Waals surface area contributed by atoms with E-state index in [2.05, 4.69) is 15.9 Å². The summed E-state index contributed by atoms with van der Waals surface area (Å²) in [5.74, 6) is 1.48. The molecule has 0 bridgehead atoms. The van der Waals surface area contributed by atoms with Crippen molar-refractivity contribution < 1.29 is 19.0 Å². The zero-order valence-corrected chi connectivity index (χ0v) is 11.9. The van der Waals surface area contributed by atoms with E-state index in [0.29, 0.717) is 18.1 Å². The summed E-state index contributed by atoms with van der Waals surface area (Å²) in [5, 5.41) is 0. The highest BCUT2D eigenvalue weighted by atomic mass is 79.9. The van der Waals surface area contributed by atoms with E-state index in [1.165, 1.54) is 7.11 Å². The lowest BCUT2D eigenvalue weighted by Crippen LogP contribution is -2.09. The minimum absolute atomic E-state index is 0.00329. The van der Waals surface area contributed by atoms with Gasteiger partial charge in [0.05, 0.1) is 26.7 Å². The number of carbonyl (C=O) groups excluding carboxylic acids is 1. The van der Waals surface area contributed by atoms with Gasteiger partial charge in [0.2, 0.25) is 0 Å². The summed E-state index contributed by atoms with van der Waals surface area (Å²) in [6.07, 6.45) is 0.839. The van der Waals surface area contributed by atoms with Crippen molar-refractivity contribution >= 4 is 21.9 Å². The van der Waals surface area contributed by atoms with Crippen LogP contribution in [0.3, 0.4) is 0 Å². The van der Waals surface area contributed by atoms with Crippen LogP contribution in [0.2, 0.25) is 0 Å². The van der Waals surface area contributed by atoms with Gasteiger partial charge in [-0.3, -0.25) is 4.79 Å². The highest BCUT2D eigenvalue weighted by Crippen LogP contribution is 2.40. The summed E-state index contributed by atoms with van der Waals surface area (Å²) in [5.41, 5.74) is 0. The van der Waals surface area contributed by atoms with Gasteiger partial charge in [-0.2, -0.15) is 0 Å². The van der Waals surface area contributed by atoms with Crippen LogP contribution in [0.15, 0.2) is 22.7 Å². The van der Waals surface area contributed by atoms with Gasteiger partial charge in [0.25, 0.3) is 0 Å². The average molecular weight is 315 g/mol. The number of halogens is 1.